The van der Waals surface area contributed by atoms with E-state index in [0.717, 1.165) is 25.3 Å². The van der Waals surface area contributed by atoms with Gasteiger partial charge in [0.2, 0.25) is 0 Å². The highest BCUT2D eigenvalue weighted by molar-refractivity contribution is 4.91. The molecule has 3 fully saturated rings. The molecule has 3 heterocycles. The van der Waals surface area contributed by atoms with Gasteiger partial charge >= 0.3 is 0 Å². The Bertz CT molecular complexity index is 216. The second-order valence-electron chi connectivity index (χ2n) is 5.29. The molecule has 1 N–H and O–H groups in total. The SMILES string of the molecule is C1COCC(N2CCC3CCC(C2)N3)C1. The van der Waals surface area contributed by atoms with E-state index in [9.17, 15) is 0 Å². The average molecular weight is 210 g/mol. The Kier molecular flexibility index (Phi) is 2.95. The van der Waals surface area contributed by atoms with Gasteiger partial charge in [-0.2, -0.15) is 0 Å². The molecule has 3 rings (SSSR count). The van der Waals surface area contributed by atoms with Crippen molar-refractivity contribution in [2.45, 2.75) is 50.2 Å². The van der Waals surface area contributed by atoms with E-state index in [1.165, 1.54) is 45.2 Å². The Morgan fingerprint density at radius 1 is 1.07 bits per heavy atom. The van der Waals surface area contributed by atoms with Gasteiger partial charge in [-0.3, -0.25) is 4.90 Å². The maximum atomic E-state index is 5.59. The van der Waals surface area contributed by atoms with Crippen molar-refractivity contribution >= 4 is 0 Å². The summed E-state index contributed by atoms with van der Waals surface area (Å²) in [6.45, 7) is 4.48. The van der Waals surface area contributed by atoms with Crippen LogP contribution in [0.15, 0.2) is 0 Å². The largest absolute Gasteiger partial charge is 0.380 e. The number of hydrogen-bond donors (Lipinski definition) is 1. The molecule has 86 valence electrons. The van der Waals surface area contributed by atoms with E-state index < -0.39 is 0 Å². The van der Waals surface area contributed by atoms with Crippen LogP contribution in [0, 0.1) is 0 Å². The molecule has 0 aromatic heterocycles. The van der Waals surface area contributed by atoms with Gasteiger partial charge in [0.05, 0.1) is 6.61 Å². The van der Waals surface area contributed by atoms with E-state index in [4.69, 9.17) is 4.74 Å². The summed E-state index contributed by atoms with van der Waals surface area (Å²) in [6, 6.07) is 2.28. The van der Waals surface area contributed by atoms with E-state index in [1.807, 2.05) is 0 Å². The summed E-state index contributed by atoms with van der Waals surface area (Å²) in [5, 5.41) is 3.74. The van der Waals surface area contributed by atoms with Gasteiger partial charge < -0.3 is 10.1 Å². The summed E-state index contributed by atoms with van der Waals surface area (Å²) in [6.07, 6.45) is 6.72. The summed E-state index contributed by atoms with van der Waals surface area (Å²) < 4.78 is 5.59. The molecule has 3 aliphatic rings. The van der Waals surface area contributed by atoms with E-state index in [1.54, 1.807) is 0 Å². The van der Waals surface area contributed by atoms with Crippen LogP contribution in [0.1, 0.15) is 32.1 Å². The minimum atomic E-state index is 0.708. The molecule has 3 atom stereocenters. The molecule has 0 amide bonds. The quantitative estimate of drug-likeness (QED) is 0.698. The Hall–Kier alpha value is -0.120. The molecule has 0 aliphatic carbocycles. The van der Waals surface area contributed by atoms with Crippen LogP contribution in [0.4, 0.5) is 0 Å². The third-order valence-corrected chi connectivity index (χ3v) is 4.21. The number of nitrogens with zero attached hydrogens (tertiary/aromatic N) is 1. The molecule has 0 saturated carbocycles. The Balaban J connectivity index is 1.60. The highest BCUT2D eigenvalue weighted by Crippen LogP contribution is 2.23. The Labute approximate surface area is 92.2 Å². The Morgan fingerprint density at radius 3 is 2.87 bits per heavy atom. The number of ether oxygens (including phenoxy) is 1. The van der Waals surface area contributed by atoms with Crippen LogP contribution in [0.5, 0.6) is 0 Å². The normalized spacial score (nSPS) is 42.8. The van der Waals surface area contributed by atoms with Gasteiger partial charge in [-0.05, 0) is 32.1 Å². The molecule has 0 aromatic rings. The molecular formula is C12H22N2O. The minimum Gasteiger partial charge on any atom is -0.380 e. The van der Waals surface area contributed by atoms with Gasteiger partial charge in [0.25, 0.3) is 0 Å². The van der Waals surface area contributed by atoms with Crippen LogP contribution in [0.2, 0.25) is 0 Å². The maximum absolute atomic E-state index is 5.59. The van der Waals surface area contributed by atoms with Crippen molar-refractivity contribution < 1.29 is 4.74 Å². The molecule has 2 bridgehead atoms. The van der Waals surface area contributed by atoms with Gasteiger partial charge in [0.1, 0.15) is 0 Å². The fraction of sp³-hybridized carbons (Fsp3) is 1.00. The van der Waals surface area contributed by atoms with Crippen LogP contribution >= 0.6 is 0 Å². The van der Waals surface area contributed by atoms with Crippen molar-refractivity contribution in [3.8, 4) is 0 Å². The first-order valence-corrected chi connectivity index (χ1v) is 6.49. The zero-order chi connectivity index (χ0) is 10.1. The molecule has 0 aromatic carbocycles. The van der Waals surface area contributed by atoms with E-state index in [0.29, 0.717) is 6.04 Å². The molecular weight excluding hydrogens is 188 g/mol. The van der Waals surface area contributed by atoms with Crippen molar-refractivity contribution in [2.75, 3.05) is 26.3 Å². The van der Waals surface area contributed by atoms with Gasteiger partial charge in [0.15, 0.2) is 0 Å². The van der Waals surface area contributed by atoms with Crippen molar-refractivity contribution in [3.05, 3.63) is 0 Å². The van der Waals surface area contributed by atoms with Crippen LogP contribution in [0.25, 0.3) is 0 Å². The van der Waals surface area contributed by atoms with Gasteiger partial charge in [0, 0.05) is 37.8 Å². The first-order chi connectivity index (χ1) is 7.42. The first kappa shape index (κ1) is 10.1. The second-order valence-corrected chi connectivity index (χ2v) is 5.29. The van der Waals surface area contributed by atoms with E-state index in [2.05, 4.69) is 10.2 Å². The van der Waals surface area contributed by atoms with Gasteiger partial charge in [-0.15, -0.1) is 0 Å². The highest BCUT2D eigenvalue weighted by Gasteiger charge is 2.32. The van der Waals surface area contributed by atoms with Crippen LogP contribution < -0.4 is 5.32 Å². The van der Waals surface area contributed by atoms with Crippen molar-refractivity contribution in [1.29, 1.82) is 0 Å². The molecule has 3 aliphatic heterocycles. The fourth-order valence-electron chi connectivity index (χ4n) is 3.31. The average Bonchev–Trinajstić information content (AvgIpc) is 2.60. The monoisotopic (exact) mass is 210 g/mol. The zero-order valence-electron chi connectivity index (χ0n) is 9.45. The summed E-state index contributed by atoms with van der Waals surface area (Å²) in [5.41, 5.74) is 0. The number of likely N-dealkylation sites (tertiary alicyclic amines) is 1. The lowest BCUT2D eigenvalue weighted by Crippen LogP contribution is -2.45. The first-order valence-electron chi connectivity index (χ1n) is 6.49. The minimum absolute atomic E-state index is 0.708. The molecule has 3 saturated heterocycles. The summed E-state index contributed by atoms with van der Waals surface area (Å²) >= 11 is 0. The maximum Gasteiger partial charge on any atom is 0.0621 e. The third kappa shape index (κ3) is 2.19. The lowest BCUT2D eigenvalue weighted by atomic mass is 10.0. The third-order valence-electron chi connectivity index (χ3n) is 4.21. The van der Waals surface area contributed by atoms with Crippen LogP contribution in [-0.4, -0.2) is 49.3 Å². The molecule has 3 heteroatoms. The number of rotatable bonds is 1. The highest BCUT2D eigenvalue weighted by atomic mass is 16.5. The van der Waals surface area contributed by atoms with Crippen LogP contribution in [0.3, 0.4) is 0 Å². The van der Waals surface area contributed by atoms with Gasteiger partial charge in [-0.1, -0.05) is 0 Å². The summed E-state index contributed by atoms with van der Waals surface area (Å²) in [4.78, 5) is 2.68. The predicted octanol–water partition coefficient (Wildman–Crippen LogP) is 0.992. The standard InChI is InChI=1S/C12H22N2O/c1-2-12(9-15-7-1)14-6-5-10-3-4-11(8-14)13-10/h10-13H,1-9H2. The second kappa shape index (κ2) is 4.40. The lowest BCUT2D eigenvalue weighted by molar-refractivity contribution is 0.0163. The van der Waals surface area contributed by atoms with E-state index >= 15 is 0 Å². The Morgan fingerprint density at radius 2 is 2.00 bits per heavy atom. The zero-order valence-corrected chi connectivity index (χ0v) is 9.45. The summed E-state index contributed by atoms with van der Waals surface area (Å²) in [5.74, 6) is 0. The van der Waals surface area contributed by atoms with Crippen molar-refractivity contribution in [1.82, 2.24) is 10.2 Å². The fourth-order valence-corrected chi connectivity index (χ4v) is 3.31. The molecule has 0 spiro atoms. The van der Waals surface area contributed by atoms with Crippen LogP contribution in [-0.2, 0) is 4.74 Å². The predicted molar refractivity (Wildman–Crippen MR) is 60.0 cm³/mol. The smallest absolute Gasteiger partial charge is 0.0621 e. The number of hydrogen-bond acceptors (Lipinski definition) is 3. The molecule has 3 nitrogen and oxygen atoms in total. The van der Waals surface area contributed by atoms with E-state index in [-0.39, 0.29) is 0 Å². The lowest BCUT2D eigenvalue weighted by Gasteiger charge is -2.35. The molecule has 15 heavy (non-hydrogen) atoms. The number of nitrogens with one attached hydrogen (secondary N) is 1. The molecule has 3 unspecified atom stereocenters. The van der Waals surface area contributed by atoms with Crippen molar-refractivity contribution in [3.63, 3.8) is 0 Å². The topological polar surface area (TPSA) is 24.5 Å². The summed E-state index contributed by atoms with van der Waals surface area (Å²) in [7, 11) is 0. The molecule has 0 radical (unpaired) electrons. The van der Waals surface area contributed by atoms with Crippen molar-refractivity contribution in [2.24, 2.45) is 0 Å². The number of fused-ring (bicyclic) bond motifs is 2. The van der Waals surface area contributed by atoms with Gasteiger partial charge in [-0.25, -0.2) is 0 Å².